The fourth-order valence-corrected chi connectivity index (χ4v) is 2.50. The average Bonchev–Trinajstić information content (AvgIpc) is 2.60. The van der Waals surface area contributed by atoms with Crippen molar-refractivity contribution in [1.29, 1.82) is 0 Å². The molecule has 1 aromatic carbocycles. The number of rotatable bonds is 10. The van der Waals surface area contributed by atoms with Gasteiger partial charge in [-0.05, 0) is 56.2 Å². The molecule has 5 nitrogen and oxygen atoms in total. The zero-order valence-electron chi connectivity index (χ0n) is 13.7. The van der Waals surface area contributed by atoms with E-state index in [0.717, 1.165) is 38.0 Å². The first-order chi connectivity index (χ1) is 11.3. The van der Waals surface area contributed by atoms with E-state index in [2.05, 4.69) is 0 Å². The topological polar surface area (TPSA) is 68.2 Å². The van der Waals surface area contributed by atoms with E-state index in [1.165, 1.54) is 12.0 Å². The summed E-state index contributed by atoms with van der Waals surface area (Å²) in [4.78, 5) is 0. The fraction of sp³-hybridized carbons (Fsp3) is 0.667. The molecule has 0 bridgehead atoms. The summed E-state index contributed by atoms with van der Waals surface area (Å²) in [6.07, 6.45) is 4.79. The minimum atomic E-state index is -0.644. The van der Waals surface area contributed by atoms with Gasteiger partial charge in [-0.3, -0.25) is 0 Å². The molecule has 1 saturated heterocycles. The monoisotopic (exact) mass is 324 g/mol. The highest BCUT2D eigenvalue weighted by Crippen LogP contribution is 2.16. The van der Waals surface area contributed by atoms with Crippen molar-refractivity contribution >= 4 is 0 Å². The number of hydrogen-bond donors (Lipinski definition) is 2. The van der Waals surface area contributed by atoms with Gasteiger partial charge in [0.1, 0.15) is 5.75 Å². The van der Waals surface area contributed by atoms with Crippen LogP contribution in [0, 0.1) is 0 Å². The van der Waals surface area contributed by atoms with Crippen LogP contribution < -0.4 is 4.74 Å². The first-order valence-corrected chi connectivity index (χ1v) is 8.52. The van der Waals surface area contributed by atoms with Crippen molar-refractivity contribution in [3.8, 4) is 5.75 Å². The molecule has 1 heterocycles. The maximum absolute atomic E-state index is 9.24. The Kier molecular flexibility index (Phi) is 8.39. The molecule has 0 aromatic heterocycles. The molecule has 0 spiro atoms. The van der Waals surface area contributed by atoms with Crippen molar-refractivity contribution in [2.45, 2.75) is 50.9 Å². The third kappa shape index (κ3) is 7.31. The molecule has 0 amide bonds. The van der Waals surface area contributed by atoms with Crippen LogP contribution in [0.25, 0.3) is 0 Å². The van der Waals surface area contributed by atoms with Gasteiger partial charge in [-0.15, -0.1) is 0 Å². The van der Waals surface area contributed by atoms with Crippen LogP contribution >= 0.6 is 0 Å². The maximum atomic E-state index is 9.24. The molecular formula is C18H28O5. The van der Waals surface area contributed by atoms with Crippen LogP contribution in [0.15, 0.2) is 24.3 Å². The molecule has 2 N–H and O–H groups in total. The lowest BCUT2D eigenvalue weighted by atomic mass is 10.1. The van der Waals surface area contributed by atoms with Crippen molar-refractivity contribution in [2.75, 3.05) is 26.4 Å². The summed E-state index contributed by atoms with van der Waals surface area (Å²) >= 11 is 0. The van der Waals surface area contributed by atoms with Crippen LogP contribution in [0.3, 0.4) is 0 Å². The summed E-state index contributed by atoms with van der Waals surface area (Å²) in [7, 11) is 0. The van der Waals surface area contributed by atoms with Crippen molar-refractivity contribution in [1.82, 2.24) is 0 Å². The normalized spacial score (nSPS) is 19.5. The van der Waals surface area contributed by atoms with Crippen LogP contribution in [-0.2, 0) is 15.9 Å². The summed E-state index contributed by atoms with van der Waals surface area (Å²) in [5.41, 5.74) is 1.21. The third-order valence-electron chi connectivity index (χ3n) is 3.92. The van der Waals surface area contributed by atoms with Gasteiger partial charge in [0, 0.05) is 6.61 Å². The van der Waals surface area contributed by atoms with E-state index in [9.17, 15) is 5.11 Å². The highest BCUT2D eigenvalue weighted by atomic mass is 16.7. The Morgan fingerprint density at radius 1 is 1.17 bits per heavy atom. The first-order valence-electron chi connectivity index (χ1n) is 8.52. The van der Waals surface area contributed by atoms with Gasteiger partial charge in [-0.25, -0.2) is 0 Å². The van der Waals surface area contributed by atoms with Crippen molar-refractivity contribution in [3.05, 3.63) is 29.8 Å². The molecule has 1 aromatic rings. The Bertz CT molecular complexity index is 414. The molecule has 23 heavy (non-hydrogen) atoms. The van der Waals surface area contributed by atoms with Gasteiger partial charge in [0.15, 0.2) is 6.29 Å². The van der Waals surface area contributed by atoms with Gasteiger partial charge in [0.25, 0.3) is 0 Å². The zero-order valence-corrected chi connectivity index (χ0v) is 13.7. The third-order valence-corrected chi connectivity index (χ3v) is 3.92. The van der Waals surface area contributed by atoms with E-state index < -0.39 is 6.10 Å². The van der Waals surface area contributed by atoms with E-state index >= 15 is 0 Å². The number of aliphatic hydroxyl groups is 2. The second kappa shape index (κ2) is 10.6. The van der Waals surface area contributed by atoms with E-state index in [0.29, 0.717) is 19.6 Å². The molecule has 1 aliphatic rings. The predicted octanol–water partition coefficient (Wildman–Crippen LogP) is 2.28. The van der Waals surface area contributed by atoms with Gasteiger partial charge in [-0.2, -0.15) is 0 Å². The van der Waals surface area contributed by atoms with Crippen LogP contribution in [0.1, 0.15) is 37.7 Å². The quantitative estimate of drug-likeness (QED) is 0.646. The number of hydrogen-bond acceptors (Lipinski definition) is 5. The summed E-state index contributed by atoms with van der Waals surface area (Å²) in [6, 6.07) is 8.00. The molecule has 5 heteroatoms. The molecular weight excluding hydrogens is 296 g/mol. The largest absolute Gasteiger partial charge is 0.494 e. The van der Waals surface area contributed by atoms with E-state index in [1.807, 2.05) is 24.3 Å². The van der Waals surface area contributed by atoms with Gasteiger partial charge in [-0.1, -0.05) is 12.1 Å². The number of aliphatic hydroxyl groups excluding tert-OH is 2. The minimum Gasteiger partial charge on any atom is -0.494 e. The SMILES string of the molecule is OCC(O)CCCOc1ccc(CCOC2CCCCO2)cc1. The Morgan fingerprint density at radius 2 is 2.00 bits per heavy atom. The number of ether oxygens (including phenoxy) is 3. The van der Waals surface area contributed by atoms with Gasteiger partial charge >= 0.3 is 0 Å². The zero-order chi connectivity index (χ0) is 16.3. The standard InChI is InChI=1S/C18H28O5/c19-14-16(20)4-3-12-21-17-8-6-15(7-9-17)10-13-23-18-5-1-2-11-22-18/h6-9,16,18-20H,1-5,10-14H2. The van der Waals surface area contributed by atoms with Crippen LogP contribution in [-0.4, -0.2) is 49.0 Å². The number of benzene rings is 1. The summed E-state index contributed by atoms with van der Waals surface area (Å²) in [5.74, 6) is 0.823. The fourth-order valence-electron chi connectivity index (χ4n) is 2.50. The molecule has 0 radical (unpaired) electrons. The van der Waals surface area contributed by atoms with Gasteiger partial charge in [0.05, 0.1) is 25.9 Å². The summed E-state index contributed by atoms with van der Waals surface area (Å²) in [6.45, 7) is 1.83. The molecule has 0 saturated carbocycles. The van der Waals surface area contributed by atoms with Gasteiger partial charge in [0.2, 0.25) is 0 Å². The van der Waals surface area contributed by atoms with Gasteiger partial charge < -0.3 is 24.4 Å². The second-order valence-corrected chi connectivity index (χ2v) is 5.89. The molecule has 1 fully saturated rings. The Labute approximate surface area is 138 Å². The van der Waals surface area contributed by atoms with Crippen LogP contribution in [0.5, 0.6) is 5.75 Å². The lowest BCUT2D eigenvalue weighted by molar-refractivity contribution is -0.161. The Morgan fingerprint density at radius 3 is 2.70 bits per heavy atom. The summed E-state index contributed by atoms with van der Waals surface area (Å²) < 4.78 is 16.9. The Balaban J connectivity index is 1.60. The highest BCUT2D eigenvalue weighted by molar-refractivity contribution is 5.27. The summed E-state index contributed by atoms with van der Waals surface area (Å²) in [5, 5.41) is 18.0. The van der Waals surface area contributed by atoms with E-state index in [-0.39, 0.29) is 12.9 Å². The Hall–Kier alpha value is -1.14. The van der Waals surface area contributed by atoms with Crippen LogP contribution in [0.2, 0.25) is 0 Å². The predicted molar refractivity (Wildman–Crippen MR) is 87.5 cm³/mol. The average molecular weight is 324 g/mol. The van der Waals surface area contributed by atoms with Crippen molar-refractivity contribution in [3.63, 3.8) is 0 Å². The molecule has 2 unspecified atom stereocenters. The van der Waals surface area contributed by atoms with E-state index in [4.69, 9.17) is 19.3 Å². The lowest BCUT2D eigenvalue weighted by Gasteiger charge is -2.22. The van der Waals surface area contributed by atoms with E-state index in [1.54, 1.807) is 0 Å². The molecule has 0 aliphatic carbocycles. The highest BCUT2D eigenvalue weighted by Gasteiger charge is 2.13. The minimum absolute atomic E-state index is 0.0272. The van der Waals surface area contributed by atoms with Crippen LogP contribution in [0.4, 0.5) is 0 Å². The molecule has 2 atom stereocenters. The molecule has 2 rings (SSSR count). The van der Waals surface area contributed by atoms with Crippen molar-refractivity contribution in [2.24, 2.45) is 0 Å². The molecule has 130 valence electrons. The second-order valence-electron chi connectivity index (χ2n) is 5.89. The van der Waals surface area contributed by atoms with Crippen molar-refractivity contribution < 1.29 is 24.4 Å². The molecule has 1 aliphatic heterocycles. The first kappa shape index (κ1) is 18.2. The lowest BCUT2D eigenvalue weighted by Crippen LogP contribution is -2.23. The smallest absolute Gasteiger partial charge is 0.157 e. The maximum Gasteiger partial charge on any atom is 0.157 e.